The second-order valence-corrected chi connectivity index (χ2v) is 10.3. The number of amides is 1. The van der Waals surface area contributed by atoms with E-state index in [9.17, 15) is 13.2 Å². The number of carbonyl (C=O) groups excluding carboxylic acids is 1. The summed E-state index contributed by atoms with van der Waals surface area (Å²) in [5.41, 5.74) is 1.77. The number of sulfone groups is 1. The second kappa shape index (κ2) is 8.19. The molecule has 0 saturated carbocycles. The number of ether oxygens (including phenoxy) is 2. The summed E-state index contributed by atoms with van der Waals surface area (Å²) in [6, 6.07) is 12.0. The number of thioether (sulfide) groups is 1. The van der Waals surface area contributed by atoms with Crippen molar-refractivity contribution in [2.45, 2.75) is 11.3 Å². The molecule has 0 aliphatic carbocycles. The van der Waals surface area contributed by atoms with Crippen LogP contribution < -0.4 is 20.1 Å². The molecule has 30 heavy (non-hydrogen) atoms. The van der Waals surface area contributed by atoms with Gasteiger partial charge in [-0.15, -0.1) is 0 Å². The van der Waals surface area contributed by atoms with E-state index in [0.29, 0.717) is 27.9 Å². The molecule has 0 unspecified atom stereocenters. The number of fused-ring (bicyclic) bond motifs is 1. The molecule has 0 aromatic heterocycles. The van der Waals surface area contributed by atoms with Crippen LogP contribution in [0.15, 0.2) is 47.5 Å². The molecule has 2 N–H and O–H groups in total. The normalized spacial score (nSPS) is 21.5. The Morgan fingerprint density at radius 2 is 1.87 bits per heavy atom. The Hall–Kier alpha value is -2.72. The molecule has 1 amide bonds. The highest BCUT2D eigenvalue weighted by Crippen LogP contribution is 2.34. The van der Waals surface area contributed by atoms with E-state index in [1.165, 1.54) is 18.9 Å². The monoisotopic (exact) mass is 447 g/mol. The highest BCUT2D eigenvalue weighted by atomic mass is 32.2. The van der Waals surface area contributed by atoms with E-state index >= 15 is 0 Å². The van der Waals surface area contributed by atoms with Crippen molar-refractivity contribution >= 4 is 44.0 Å². The molecule has 1 fully saturated rings. The average Bonchev–Trinajstić information content (AvgIpc) is 3.20. The van der Waals surface area contributed by atoms with Gasteiger partial charge in [0.05, 0.1) is 37.5 Å². The summed E-state index contributed by atoms with van der Waals surface area (Å²) in [6.07, 6.45) is 0. The Bertz CT molecular complexity index is 1100. The Morgan fingerprint density at radius 1 is 1.10 bits per heavy atom. The number of aliphatic imine (C=N–C) groups is 1. The number of rotatable bonds is 5. The lowest BCUT2D eigenvalue weighted by molar-refractivity contribution is 0.102. The molecule has 0 radical (unpaired) electrons. The van der Waals surface area contributed by atoms with Crippen molar-refractivity contribution in [3.8, 4) is 11.5 Å². The van der Waals surface area contributed by atoms with E-state index in [2.05, 4.69) is 15.6 Å². The molecule has 158 valence electrons. The maximum Gasteiger partial charge on any atom is 0.255 e. The van der Waals surface area contributed by atoms with E-state index in [4.69, 9.17) is 9.47 Å². The Labute approximate surface area is 179 Å². The Morgan fingerprint density at radius 3 is 2.53 bits per heavy atom. The molecular weight excluding hydrogens is 426 g/mol. The highest BCUT2D eigenvalue weighted by Gasteiger charge is 2.42. The predicted octanol–water partition coefficient (Wildman–Crippen LogP) is 2.64. The number of benzene rings is 2. The minimum Gasteiger partial charge on any atom is -0.497 e. The number of anilines is 2. The molecule has 8 nitrogen and oxygen atoms in total. The van der Waals surface area contributed by atoms with Gasteiger partial charge >= 0.3 is 0 Å². The van der Waals surface area contributed by atoms with Crippen molar-refractivity contribution < 1.29 is 22.7 Å². The third-order valence-corrected chi connectivity index (χ3v) is 8.01. The smallest absolute Gasteiger partial charge is 0.255 e. The summed E-state index contributed by atoms with van der Waals surface area (Å²) < 4.78 is 33.8. The molecule has 0 spiro atoms. The summed E-state index contributed by atoms with van der Waals surface area (Å²) in [7, 11) is 0.117. The number of methoxy groups -OCH3 is 2. The van der Waals surface area contributed by atoms with E-state index in [-0.39, 0.29) is 28.7 Å². The van der Waals surface area contributed by atoms with Gasteiger partial charge in [-0.25, -0.2) is 8.42 Å². The zero-order chi connectivity index (χ0) is 21.3. The van der Waals surface area contributed by atoms with E-state index in [0.717, 1.165) is 5.69 Å². The van der Waals surface area contributed by atoms with Crippen LogP contribution in [0.5, 0.6) is 11.5 Å². The molecule has 2 heterocycles. The summed E-state index contributed by atoms with van der Waals surface area (Å²) in [5.74, 6) is 1.15. The quantitative estimate of drug-likeness (QED) is 0.726. The minimum absolute atomic E-state index is 0.0135. The second-order valence-electron chi connectivity index (χ2n) is 6.96. The van der Waals surface area contributed by atoms with Crippen molar-refractivity contribution in [2.24, 2.45) is 4.99 Å². The molecule has 2 atom stereocenters. The van der Waals surface area contributed by atoms with Crippen LogP contribution in [0.4, 0.5) is 11.4 Å². The summed E-state index contributed by atoms with van der Waals surface area (Å²) in [4.78, 5) is 17.1. The number of nitrogens with one attached hydrogen (secondary N) is 2. The van der Waals surface area contributed by atoms with Gasteiger partial charge in [-0.3, -0.25) is 9.79 Å². The van der Waals surface area contributed by atoms with Crippen LogP contribution in [0, 0.1) is 0 Å². The standard InChI is InChI=1S/C20H21N3O5S2/c1-27-14-7-8-17(28-2)15(9-14)22-19(24)12-3-5-13(6-4-12)21-20-23-16-10-30(25,26)11-18(16)29-20/h3-9,16,18H,10-11H2,1-2H3,(H,21,23)(H,22,24)/t16-,18-/m1/s1. The fourth-order valence-corrected chi connectivity index (χ4v) is 7.03. The molecule has 10 heteroatoms. The van der Waals surface area contributed by atoms with Gasteiger partial charge in [0.2, 0.25) is 0 Å². The van der Waals surface area contributed by atoms with Crippen LogP contribution in [0.25, 0.3) is 0 Å². The number of carbonyl (C=O) groups is 1. The first-order valence-corrected chi connectivity index (χ1v) is 11.9. The van der Waals surface area contributed by atoms with Crippen LogP contribution in [-0.4, -0.2) is 56.5 Å². The average molecular weight is 448 g/mol. The summed E-state index contributed by atoms with van der Waals surface area (Å²) >= 11 is 1.45. The number of amidine groups is 1. The third kappa shape index (κ3) is 4.39. The minimum atomic E-state index is -2.97. The number of hydrogen-bond donors (Lipinski definition) is 2. The molecule has 0 bridgehead atoms. The Kier molecular flexibility index (Phi) is 5.61. The van der Waals surface area contributed by atoms with Gasteiger partial charge in [-0.05, 0) is 36.4 Å². The molecule has 2 aliphatic rings. The third-order valence-electron chi connectivity index (χ3n) is 4.87. The number of nitrogens with zero attached hydrogens (tertiary/aromatic N) is 1. The van der Waals surface area contributed by atoms with E-state index in [1.54, 1.807) is 49.6 Å². The molecule has 2 aromatic carbocycles. The maximum absolute atomic E-state index is 12.6. The van der Waals surface area contributed by atoms with Crippen LogP contribution in [0.2, 0.25) is 0 Å². The maximum atomic E-state index is 12.6. The summed E-state index contributed by atoms with van der Waals surface area (Å²) in [6.45, 7) is 0. The Balaban J connectivity index is 1.41. The van der Waals surface area contributed by atoms with Crippen LogP contribution in [0.3, 0.4) is 0 Å². The van der Waals surface area contributed by atoms with Gasteiger partial charge in [0.1, 0.15) is 11.5 Å². The van der Waals surface area contributed by atoms with Crippen molar-refractivity contribution in [3.63, 3.8) is 0 Å². The SMILES string of the molecule is COc1ccc(OC)c(NC(=O)c2ccc(NC3=N[C@@H]4CS(=O)(=O)C[C@H]4S3)cc2)c1. The predicted molar refractivity (Wildman–Crippen MR) is 119 cm³/mol. The highest BCUT2D eigenvalue weighted by molar-refractivity contribution is 8.15. The molecule has 4 rings (SSSR count). The molecule has 2 aromatic rings. The lowest BCUT2D eigenvalue weighted by Crippen LogP contribution is -2.13. The van der Waals surface area contributed by atoms with Crippen molar-refractivity contribution in [2.75, 3.05) is 36.4 Å². The molecule has 1 saturated heterocycles. The van der Waals surface area contributed by atoms with Crippen LogP contribution in [-0.2, 0) is 9.84 Å². The largest absolute Gasteiger partial charge is 0.497 e. The lowest BCUT2D eigenvalue weighted by atomic mass is 10.2. The first-order valence-electron chi connectivity index (χ1n) is 9.22. The van der Waals surface area contributed by atoms with Crippen LogP contribution >= 0.6 is 11.8 Å². The van der Waals surface area contributed by atoms with Gasteiger partial charge < -0.3 is 20.1 Å². The zero-order valence-corrected chi connectivity index (χ0v) is 18.0. The van der Waals surface area contributed by atoms with E-state index in [1.807, 2.05) is 0 Å². The fraction of sp³-hybridized carbons (Fsp3) is 0.300. The first kappa shape index (κ1) is 20.5. The summed E-state index contributed by atoms with van der Waals surface area (Å²) in [5, 5.41) is 6.72. The van der Waals surface area contributed by atoms with Gasteiger partial charge in [0, 0.05) is 22.6 Å². The van der Waals surface area contributed by atoms with Gasteiger partial charge in [0.15, 0.2) is 15.0 Å². The van der Waals surface area contributed by atoms with E-state index < -0.39 is 9.84 Å². The van der Waals surface area contributed by atoms with Crippen molar-refractivity contribution in [1.82, 2.24) is 0 Å². The van der Waals surface area contributed by atoms with Gasteiger partial charge in [-0.2, -0.15) is 0 Å². The van der Waals surface area contributed by atoms with Gasteiger partial charge in [-0.1, -0.05) is 11.8 Å². The molecular formula is C20H21N3O5S2. The topological polar surface area (TPSA) is 106 Å². The van der Waals surface area contributed by atoms with Gasteiger partial charge in [0.25, 0.3) is 5.91 Å². The number of hydrogen-bond acceptors (Lipinski definition) is 8. The van der Waals surface area contributed by atoms with Crippen molar-refractivity contribution in [3.05, 3.63) is 48.0 Å². The first-order chi connectivity index (χ1) is 14.4. The zero-order valence-electron chi connectivity index (χ0n) is 16.4. The van der Waals surface area contributed by atoms with Crippen LogP contribution in [0.1, 0.15) is 10.4 Å². The lowest BCUT2D eigenvalue weighted by Gasteiger charge is -2.12. The fourth-order valence-electron chi connectivity index (χ4n) is 3.35. The van der Waals surface area contributed by atoms with Crippen molar-refractivity contribution in [1.29, 1.82) is 0 Å². The molecule has 2 aliphatic heterocycles.